The van der Waals surface area contributed by atoms with Crippen LogP contribution in [0.2, 0.25) is 5.02 Å². The standard InChI is InChI=1S/C19H16ClN3O3/c1-23-18(11-5-8-13(24)14(9-11)26-2)15-16(21-22-17(15)19(23)25)10-3-6-12(20)7-4-10/h3-9,18,24H,1-2H3,(H,21,22)/t18-/m1/s1. The molecular weight excluding hydrogens is 354 g/mol. The maximum atomic E-state index is 12.7. The van der Waals surface area contributed by atoms with E-state index in [2.05, 4.69) is 10.2 Å². The summed E-state index contributed by atoms with van der Waals surface area (Å²) in [4.78, 5) is 14.3. The van der Waals surface area contributed by atoms with Crippen molar-refractivity contribution in [2.45, 2.75) is 6.04 Å². The smallest absolute Gasteiger partial charge is 0.272 e. The minimum atomic E-state index is -0.337. The van der Waals surface area contributed by atoms with E-state index in [4.69, 9.17) is 16.3 Å². The zero-order valence-corrected chi connectivity index (χ0v) is 14.9. The molecule has 0 radical (unpaired) electrons. The van der Waals surface area contributed by atoms with Crippen LogP contribution in [0.4, 0.5) is 0 Å². The summed E-state index contributed by atoms with van der Waals surface area (Å²) >= 11 is 5.98. The lowest BCUT2D eigenvalue weighted by atomic mass is 9.96. The molecule has 4 rings (SSSR count). The summed E-state index contributed by atoms with van der Waals surface area (Å²) in [5.41, 5.74) is 3.66. The lowest BCUT2D eigenvalue weighted by Crippen LogP contribution is -2.24. The highest BCUT2D eigenvalue weighted by molar-refractivity contribution is 6.30. The molecule has 6 nitrogen and oxygen atoms in total. The van der Waals surface area contributed by atoms with E-state index < -0.39 is 0 Å². The lowest BCUT2D eigenvalue weighted by Gasteiger charge is -2.22. The highest BCUT2D eigenvalue weighted by atomic mass is 35.5. The molecule has 1 aliphatic rings. The van der Waals surface area contributed by atoms with Crippen LogP contribution < -0.4 is 4.74 Å². The summed E-state index contributed by atoms with van der Waals surface area (Å²) in [5.74, 6) is 0.270. The zero-order valence-electron chi connectivity index (χ0n) is 14.2. The van der Waals surface area contributed by atoms with E-state index in [1.54, 1.807) is 42.3 Å². The molecule has 0 fully saturated rings. The van der Waals surface area contributed by atoms with E-state index in [0.29, 0.717) is 22.2 Å². The Bertz CT molecular complexity index is 998. The number of nitrogens with zero attached hydrogens (tertiary/aromatic N) is 2. The van der Waals surface area contributed by atoms with Crippen molar-refractivity contribution >= 4 is 17.5 Å². The number of fused-ring (bicyclic) bond motifs is 1. The number of H-pyrrole nitrogens is 1. The van der Waals surface area contributed by atoms with Gasteiger partial charge >= 0.3 is 0 Å². The molecule has 0 saturated carbocycles. The molecule has 0 bridgehead atoms. The van der Waals surface area contributed by atoms with E-state index >= 15 is 0 Å². The van der Waals surface area contributed by atoms with Gasteiger partial charge in [0.1, 0.15) is 5.69 Å². The van der Waals surface area contributed by atoms with Crippen LogP contribution in [0, 0.1) is 0 Å². The Morgan fingerprint density at radius 2 is 1.96 bits per heavy atom. The average molecular weight is 370 g/mol. The summed E-state index contributed by atoms with van der Waals surface area (Å²) in [6, 6.07) is 12.1. The molecule has 0 saturated heterocycles. The first kappa shape index (κ1) is 16.5. The summed E-state index contributed by atoms with van der Waals surface area (Å²) in [6.07, 6.45) is 0. The molecule has 1 aromatic heterocycles. The number of carbonyl (C=O) groups is 1. The monoisotopic (exact) mass is 369 g/mol. The Balaban J connectivity index is 1.88. The van der Waals surface area contributed by atoms with Crippen molar-refractivity contribution < 1.29 is 14.6 Å². The largest absolute Gasteiger partial charge is 0.504 e. The van der Waals surface area contributed by atoms with Gasteiger partial charge in [-0.05, 0) is 29.8 Å². The number of benzene rings is 2. The number of amides is 1. The van der Waals surface area contributed by atoms with Crippen molar-refractivity contribution in [3.63, 3.8) is 0 Å². The summed E-state index contributed by atoms with van der Waals surface area (Å²) in [7, 11) is 3.23. The van der Waals surface area contributed by atoms with Crippen LogP contribution in [0.1, 0.15) is 27.7 Å². The number of hydrogen-bond donors (Lipinski definition) is 2. The number of carbonyl (C=O) groups excluding carboxylic acids is 1. The normalized spacial score (nSPS) is 16.0. The van der Waals surface area contributed by atoms with Gasteiger partial charge in [0.25, 0.3) is 5.91 Å². The number of aromatic hydroxyl groups is 1. The van der Waals surface area contributed by atoms with Crippen LogP contribution >= 0.6 is 11.6 Å². The minimum Gasteiger partial charge on any atom is -0.504 e. The summed E-state index contributed by atoms with van der Waals surface area (Å²) in [6.45, 7) is 0. The molecule has 1 amide bonds. The predicted molar refractivity (Wildman–Crippen MR) is 97.6 cm³/mol. The van der Waals surface area contributed by atoms with Gasteiger partial charge in [0.2, 0.25) is 0 Å². The molecule has 1 aliphatic heterocycles. The Hall–Kier alpha value is -2.99. The topological polar surface area (TPSA) is 78.5 Å². The number of aromatic nitrogens is 2. The third-order valence-corrected chi connectivity index (χ3v) is 4.89. The number of ether oxygens (including phenoxy) is 1. The third-order valence-electron chi connectivity index (χ3n) is 4.64. The predicted octanol–water partition coefficient (Wildman–Crippen LogP) is 3.62. The second-order valence-electron chi connectivity index (χ2n) is 6.12. The van der Waals surface area contributed by atoms with E-state index in [1.165, 1.54) is 7.11 Å². The van der Waals surface area contributed by atoms with Gasteiger partial charge < -0.3 is 14.7 Å². The van der Waals surface area contributed by atoms with Gasteiger partial charge in [0.05, 0.1) is 18.8 Å². The number of methoxy groups -OCH3 is 1. The fourth-order valence-corrected chi connectivity index (χ4v) is 3.48. The molecule has 26 heavy (non-hydrogen) atoms. The van der Waals surface area contributed by atoms with Crippen molar-refractivity contribution in [2.24, 2.45) is 0 Å². The number of phenolic OH excluding ortho intramolecular Hbond substituents is 1. The van der Waals surface area contributed by atoms with Crippen LogP contribution in [-0.4, -0.2) is 40.3 Å². The van der Waals surface area contributed by atoms with Gasteiger partial charge in [-0.1, -0.05) is 29.8 Å². The Kier molecular flexibility index (Phi) is 3.85. The lowest BCUT2D eigenvalue weighted by molar-refractivity contribution is 0.0787. The van der Waals surface area contributed by atoms with Crippen molar-refractivity contribution in [1.82, 2.24) is 15.1 Å². The fraction of sp³-hybridized carbons (Fsp3) is 0.158. The quantitative estimate of drug-likeness (QED) is 0.739. The van der Waals surface area contributed by atoms with Crippen LogP contribution in [0.25, 0.3) is 11.3 Å². The fourth-order valence-electron chi connectivity index (χ4n) is 3.35. The summed E-state index contributed by atoms with van der Waals surface area (Å²) in [5, 5.41) is 17.7. The molecule has 0 unspecified atom stereocenters. The number of nitrogens with one attached hydrogen (secondary N) is 1. The van der Waals surface area contributed by atoms with E-state index in [0.717, 1.165) is 16.7 Å². The van der Waals surface area contributed by atoms with Crippen molar-refractivity contribution in [3.8, 4) is 22.8 Å². The van der Waals surface area contributed by atoms with Gasteiger partial charge in [0, 0.05) is 23.2 Å². The molecule has 2 heterocycles. The number of hydrogen-bond acceptors (Lipinski definition) is 4. The number of halogens is 1. The Labute approximate surface area is 155 Å². The average Bonchev–Trinajstić information content (AvgIpc) is 3.17. The Morgan fingerprint density at radius 1 is 1.23 bits per heavy atom. The molecule has 132 valence electrons. The first-order valence-corrected chi connectivity index (χ1v) is 8.37. The highest BCUT2D eigenvalue weighted by Gasteiger charge is 2.40. The van der Waals surface area contributed by atoms with Gasteiger partial charge in [-0.3, -0.25) is 9.89 Å². The second kappa shape index (κ2) is 6.07. The molecule has 2 N–H and O–H groups in total. The van der Waals surface area contributed by atoms with Gasteiger partial charge in [-0.2, -0.15) is 5.10 Å². The van der Waals surface area contributed by atoms with Gasteiger partial charge in [0.15, 0.2) is 11.5 Å². The van der Waals surface area contributed by atoms with Crippen LogP contribution in [0.5, 0.6) is 11.5 Å². The van der Waals surface area contributed by atoms with Gasteiger partial charge in [-0.15, -0.1) is 0 Å². The number of rotatable bonds is 3. The van der Waals surface area contributed by atoms with Crippen LogP contribution in [-0.2, 0) is 0 Å². The van der Waals surface area contributed by atoms with Crippen LogP contribution in [0.15, 0.2) is 42.5 Å². The number of phenols is 1. The SMILES string of the molecule is COc1cc([C@@H]2c3c(-c4ccc(Cl)cc4)n[nH]c3C(=O)N2C)ccc1O. The molecular formula is C19H16ClN3O3. The Morgan fingerprint density at radius 3 is 2.65 bits per heavy atom. The molecule has 3 aromatic rings. The first-order valence-electron chi connectivity index (χ1n) is 7.99. The third kappa shape index (κ3) is 2.42. The molecule has 0 spiro atoms. The molecule has 2 aromatic carbocycles. The van der Waals surface area contributed by atoms with Crippen LogP contribution in [0.3, 0.4) is 0 Å². The van der Waals surface area contributed by atoms with Crippen molar-refractivity contribution in [1.29, 1.82) is 0 Å². The summed E-state index contributed by atoms with van der Waals surface area (Å²) < 4.78 is 5.21. The van der Waals surface area contributed by atoms with Crippen molar-refractivity contribution in [3.05, 3.63) is 64.3 Å². The molecule has 1 atom stereocenters. The number of aromatic amines is 1. The van der Waals surface area contributed by atoms with Gasteiger partial charge in [-0.25, -0.2) is 0 Å². The maximum absolute atomic E-state index is 12.7. The zero-order chi connectivity index (χ0) is 18.4. The second-order valence-corrected chi connectivity index (χ2v) is 6.55. The molecule has 7 heteroatoms. The van der Waals surface area contributed by atoms with Crippen molar-refractivity contribution in [2.75, 3.05) is 14.2 Å². The minimum absolute atomic E-state index is 0.0496. The maximum Gasteiger partial charge on any atom is 0.272 e. The van der Waals surface area contributed by atoms with E-state index in [9.17, 15) is 9.90 Å². The van der Waals surface area contributed by atoms with E-state index in [1.807, 2.05) is 12.1 Å². The van der Waals surface area contributed by atoms with E-state index in [-0.39, 0.29) is 17.7 Å². The first-order chi connectivity index (χ1) is 12.5. The highest BCUT2D eigenvalue weighted by Crippen LogP contribution is 2.43. The molecule has 0 aliphatic carbocycles.